The molecule has 0 bridgehead atoms. The van der Waals surface area contributed by atoms with Crippen molar-refractivity contribution in [2.45, 2.75) is 6.42 Å². The van der Waals surface area contributed by atoms with Crippen molar-refractivity contribution in [2.75, 3.05) is 12.4 Å². The molecule has 142 valence electrons. The summed E-state index contributed by atoms with van der Waals surface area (Å²) in [5.74, 6) is 0.703. The predicted molar refractivity (Wildman–Crippen MR) is 112 cm³/mol. The van der Waals surface area contributed by atoms with Gasteiger partial charge >= 0.3 is 5.97 Å². The molecule has 0 aliphatic carbocycles. The number of hydrogen-bond acceptors (Lipinski definition) is 4. The summed E-state index contributed by atoms with van der Waals surface area (Å²) in [5, 5.41) is 2.82. The molecule has 5 nitrogen and oxygen atoms in total. The molecular weight excluding hydrogens is 422 g/mol. The van der Waals surface area contributed by atoms with Crippen molar-refractivity contribution in [3.63, 3.8) is 0 Å². The maximum Gasteiger partial charge on any atom is 0.336 e. The normalized spacial score (nSPS) is 14.9. The Morgan fingerprint density at radius 2 is 1.86 bits per heavy atom. The minimum Gasteiger partial charge on any atom is -0.497 e. The summed E-state index contributed by atoms with van der Waals surface area (Å²) in [4.78, 5) is 25.0. The van der Waals surface area contributed by atoms with Gasteiger partial charge in [0.25, 0.3) is 0 Å². The minimum absolute atomic E-state index is 0.217. The lowest BCUT2D eigenvalue weighted by Gasteiger charge is -2.06. The van der Waals surface area contributed by atoms with Crippen LogP contribution in [0.1, 0.15) is 11.1 Å². The SMILES string of the molecule is COc1ccc(/C=C/C(=O)Nc2ccc(CC3=CC(=O)O/C3=C/Br)cc2)cc1. The van der Waals surface area contributed by atoms with Gasteiger partial charge in [0.05, 0.1) is 7.11 Å². The summed E-state index contributed by atoms with van der Waals surface area (Å²) in [6.45, 7) is 0. The van der Waals surface area contributed by atoms with E-state index in [2.05, 4.69) is 21.2 Å². The van der Waals surface area contributed by atoms with Crippen LogP contribution in [0.25, 0.3) is 6.08 Å². The molecule has 0 spiro atoms. The third-order valence-electron chi connectivity index (χ3n) is 4.08. The van der Waals surface area contributed by atoms with Crippen LogP contribution < -0.4 is 10.1 Å². The number of benzene rings is 2. The lowest BCUT2D eigenvalue weighted by atomic mass is 10.0. The van der Waals surface area contributed by atoms with Crippen LogP contribution in [-0.4, -0.2) is 19.0 Å². The fraction of sp³-hybridized carbons (Fsp3) is 0.0909. The summed E-state index contributed by atoms with van der Waals surface area (Å²) >= 11 is 3.19. The number of rotatable bonds is 6. The molecule has 1 aliphatic rings. The van der Waals surface area contributed by atoms with E-state index in [-0.39, 0.29) is 11.9 Å². The number of esters is 1. The predicted octanol–water partition coefficient (Wildman–Crippen LogP) is 4.61. The summed E-state index contributed by atoms with van der Waals surface area (Å²) in [6.07, 6.45) is 5.26. The van der Waals surface area contributed by atoms with Gasteiger partial charge in [-0.05, 0) is 41.5 Å². The van der Waals surface area contributed by atoms with Crippen LogP contribution in [0.5, 0.6) is 5.75 Å². The molecule has 1 heterocycles. The number of ether oxygens (including phenoxy) is 2. The van der Waals surface area contributed by atoms with E-state index >= 15 is 0 Å². The van der Waals surface area contributed by atoms with Crippen molar-refractivity contribution in [1.29, 1.82) is 0 Å². The largest absolute Gasteiger partial charge is 0.497 e. The van der Waals surface area contributed by atoms with Gasteiger partial charge in [0.1, 0.15) is 11.5 Å². The van der Waals surface area contributed by atoms with Gasteiger partial charge in [-0.2, -0.15) is 0 Å². The van der Waals surface area contributed by atoms with Crippen LogP contribution in [0.3, 0.4) is 0 Å². The van der Waals surface area contributed by atoms with Crippen molar-refractivity contribution < 1.29 is 19.1 Å². The molecule has 3 rings (SSSR count). The molecule has 28 heavy (non-hydrogen) atoms. The van der Waals surface area contributed by atoms with E-state index in [0.29, 0.717) is 17.9 Å². The highest BCUT2D eigenvalue weighted by atomic mass is 79.9. The van der Waals surface area contributed by atoms with Gasteiger partial charge in [-0.1, -0.05) is 40.2 Å². The molecule has 0 atom stereocenters. The number of methoxy groups -OCH3 is 1. The number of carbonyl (C=O) groups is 2. The fourth-order valence-corrected chi connectivity index (χ4v) is 3.03. The lowest BCUT2D eigenvalue weighted by Crippen LogP contribution is -2.07. The molecule has 2 aromatic carbocycles. The molecular formula is C22H18BrNO4. The maximum absolute atomic E-state index is 12.1. The van der Waals surface area contributed by atoms with E-state index in [1.807, 2.05) is 48.5 Å². The van der Waals surface area contributed by atoms with E-state index in [9.17, 15) is 9.59 Å². The molecule has 0 aromatic heterocycles. The summed E-state index contributed by atoms with van der Waals surface area (Å²) in [5.41, 5.74) is 3.41. The molecule has 1 amide bonds. The van der Waals surface area contributed by atoms with Gasteiger partial charge in [0.2, 0.25) is 5.91 Å². The number of allylic oxidation sites excluding steroid dienone is 1. The van der Waals surface area contributed by atoms with Crippen LogP contribution in [-0.2, 0) is 20.7 Å². The number of halogens is 1. The zero-order valence-corrected chi connectivity index (χ0v) is 16.7. The van der Waals surface area contributed by atoms with Crippen LogP contribution in [0, 0.1) is 0 Å². The van der Waals surface area contributed by atoms with Crippen LogP contribution >= 0.6 is 15.9 Å². The average Bonchev–Trinajstić information content (AvgIpc) is 3.07. The van der Waals surface area contributed by atoms with Crippen molar-refractivity contribution in [2.24, 2.45) is 0 Å². The van der Waals surface area contributed by atoms with Gasteiger partial charge in [-0.25, -0.2) is 4.79 Å². The van der Waals surface area contributed by atoms with E-state index in [1.54, 1.807) is 18.2 Å². The molecule has 0 saturated heterocycles. The van der Waals surface area contributed by atoms with Crippen molar-refractivity contribution in [3.05, 3.63) is 88.1 Å². The number of amides is 1. The zero-order valence-electron chi connectivity index (χ0n) is 15.1. The number of nitrogens with one attached hydrogen (secondary N) is 1. The second-order valence-electron chi connectivity index (χ2n) is 6.03. The molecule has 1 aliphatic heterocycles. The third kappa shape index (κ3) is 5.20. The van der Waals surface area contributed by atoms with E-state index in [1.165, 1.54) is 12.2 Å². The standard InChI is InChI=1S/C22H18BrNO4/c1-27-19-9-4-15(5-10-19)6-11-21(25)24-18-7-2-16(3-8-18)12-17-13-22(26)28-20(17)14-23/h2-11,13-14H,12H2,1H3,(H,24,25)/b11-6+,20-14+. The topological polar surface area (TPSA) is 64.6 Å². The van der Waals surface area contributed by atoms with E-state index < -0.39 is 0 Å². The lowest BCUT2D eigenvalue weighted by molar-refractivity contribution is -0.132. The third-order valence-corrected chi connectivity index (χ3v) is 4.49. The van der Waals surface area contributed by atoms with Crippen molar-refractivity contribution >= 4 is 39.6 Å². The molecule has 1 N–H and O–H groups in total. The minimum atomic E-state index is -0.367. The Morgan fingerprint density at radius 3 is 2.50 bits per heavy atom. The number of cyclic esters (lactones) is 1. The maximum atomic E-state index is 12.1. The Labute approximate surface area is 171 Å². The second kappa shape index (κ2) is 9.19. The Balaban J connectivity index is 1.57. The zero-order chi connectivity index (χ0) is 19.9. The van der Waals surface area contributed by atoms with Gasteiger partial charge in [-0.15, -0.1) is 0 Å². The summed E-state index contributed by atoms with van der Waals surface area (Å²) in [6, 6.07) is 14.9. The Hall–Kier alpha value is -3.12. The molecule has 2 aromatic rings. The highest BCUT2D eigenvalue weighted by molar-refractivity contribution is 9.11. The summed E-state index contributed by atoms with van der Waals surface area (Å²) in [7, 11) is 1.61. The van der Waals surface area contributed by atoms with E-state index in [0.717, 1.165) is 22.4 Å². The number of hydrogen-bond donors (Lipinski definition) is 1. The summed E-state index contributed by atoms with van der Waals surface area (Å²) < 4.78 is 10.2. The van der Waals surface area contributed by atoms with Crippen LogP contribution in [0.15, 0.2) is 77.0 Å². The van der Waals surface area contributed by atoms with Crippen molar-refractivity contribution in [3.8, 4) is 5.75 Å². The smallest absolute Gasteiger partial charge is 0.336 e. The first kappa shape index (κ1) is 19.6. The fourth-order valence-electron chi connectivity index (χ4n) is 2.64. The highest BCUT2D eigenvalue weighted by Crippen LogP contribution is 2.25. The van der Waals surface area contributed by atoms with Crippen LogP contribution in [0.4, 0.5) is 5.69 Å². The monoisotopic (exact) mass is 439 g/mol. The first-order chi connectivity index (χ1) is 13.6. The Morgan fingerprint density at radius 1 is 1.14 bits per heavy atom. The number of anilines is 1. The average molecular weight is 440 g/mol. The Bertz CT molecular complexity index is 957. The quantitative estimate of drug-likeness (QED) is 0.527. The van der Waals surface area contributed by atoms with Gasteiger partial charge < -0.3 is 14.8 Å². The van der Waals surface area contributed by atoms with E-state index in [4.69, 9.17) is 9.47 Å². The molecule has 0 fully saturated rings. The van der Waals surface area contributed by atoms with Gasteiger partial charge in [0, 0.05) is 34.8 Å². The molecule has 0 radical (unpaired) electrons. The first-order valence-electron chi connectivity index (χ1n) is 8.52. The molecule has 0 saturated carbocycles. The van der Waals surface area contributed by atoms with Crippen LogP contribution in [0.2, 0.25) is 0 Å². The Kier molecular flexibility index (Phi) is 6.45. The number of carbonyl (C=O) groups excluding carboxylic acids is 2. The molecule has 0 unspecified atom stereocenters. The van der Waals surface area contributed by atoms with Gasteiger partial charge in [0.15, 0.2) is 0 Å². The molecule has 6 heteroatoms. The van der Waals surface area contributed by atoms with Gasteiger partial charge in [-0.3, -0.25) is 4.79 Å². The second-order valence-corrected chi connectivity index (χ2v) is 6.49. The van der Waals surface area contributed by atoms with Crippen molar-refractivity contribution in [1.82, 2.24) is 0 Å². The highest BCUT2D eigenvalue weighted by Gasteiger charge is 2.19. The first-order valence-corrected chi connectivity index (χ1v) is 9.44.